The van der Waals surface area contributed by atoms with Gasteiger partial charge in [-0.2, -0.15) is 9.49 Å². The topological polar surface area (TPSA) is 70.7 Å². The number of hydrogen-bond acceptors (Lipinski definition) is 3. The second kappa shape index (κ2) is 4.32. The quantitative estimate of drug-likeness (QED) is 0.778. The number of hydrogen-bond donors (Lipinski definition) is 2. The lowest BCUT2D eigenvalue weighted by Gasteiger charge is -2.03. The van der Waals surface area contributed by atoms with Gasteiger partial charge in [0.25, 0.3) is 5.91 Å². The van der Waals surface area contributed by atoms with Crippen molar-refractivity contribution in [1.82, 2.24) is 15.2 Å². The van der Waals surface area contributed by atoms with E-state index < -0.39 is 11.9 Å². The molecule has 2 aromatic heterocycles. The molecule has 0 aromatic carbocycles. The number of rotatable bonds is 2. The highest BCUT2D eigenvalue weighted by molar-refractivity contribution is 6.04. The van der Waals surface area contributed by atoms with Crippen molar-refractivity contribution in [1.29, 1.82) is 0 Å². The average molecular weight is 234 g/mol. The summed E-state index contributed by atoms with van der Waals surface area (Å²) in [4.78, 5) is 15.2. The van der Waals surface area contributed by atoms with Gasteiger partial charge in [-0.05, 0) is 26.0 Å². The first-order chi connectivity index (χ1) is 8.09. The van der Waals surface area contributed by atoms with E-state index in [1.165, 1.54) is 18.3 Å². The second-order valence-corrected chi connectivity index (χ2v) is 3.62. The molecule has 0 aliphatic carbocycles. The molecule has 17 heavy (non-hydrogen) atoms. The Morgan fingerprint density at radius 1 is 1.47 bits per heavy atom. The van der Waals surface area contributed by atoms with Crippen LogP contribution in [0, 0.1) is 19.8 Å². The van der Waals surface area contributed by atoms with Crippen molar-refractivity contribution in [2.45, 2.75) is 13.8 Å². The highest BCUT2D eigenvalue weighted by atomic mass is 19.1. The lowest BCUT2D eigenvalue weighted by atomic mass is 10.2. The Kier molecular flexibility index (Phi) is 2.86. The van der Waals surface area contributed by atoms with Gasteiger partial charge in [0.05, 0.1) is 5.56 Å². The molecular formula is C11H11FN4O. The summed E-state index contributed by atoms with van der Waals surface area (Å²) in [6, 6.07) is 2.87. The number of anilines is 1. The molecule has 0 spiro atoms. The van der Waals surface area contributed by atoms with Gasteiger partial charge in [0.15, 0.2) is 5.82 Å². The first-order valence-corrected chi connectivity index (χ1v) is 5.03. The highest BCUT2D eigenvalue weighted by Crippen LogP contribution is 2.15. The van der Waals surface area contributed by atoms with Gasteiger partial charge >= 0.3 is 0 Å². The number of halogens is 1. The molecule has 0 saturated carbocycles. The lowest BCUT2D eigenvalue weighted by Crippen LogP contribution is -2.15. The van der Waals surface area contributed by atoms with Crippen molar-refractivity contribution in [2.24, 2.45) is 0 Å². The number of nitrogens with zero attached hydrogens (tertiary/aromatic N) is 2. The summed E-state index contributed by atoms with van der Waals surface area (Å²) in [5.41, 5.74) is 1.57. The number of aromatic amines is 1. The van der Waals surface area contributed by atoms with Gasteiger partial charge in [-0.15, -0.1) is 0 Å². The minimum Gasteiger partial charge on any atom is -0.305 e. The van der Waals surface area contributed by atoms with Crippen molar-refractivity contribution in [3.05, 3.63) is 41.1 Å². The van der Waals surface area contributed by atoms with Crippen LogP contribution in [0.5, 0.6) is 0 Å². The predicted molar refractivity (Wildman–Crippen MR) is 60.2 cm³/mol. The summed E-state index contributed by atoms with van der Waals surface area (Å²) in [6.45, 7) is 3.65. The number of carbonyl (C=O) groups is 1. The Hall–Kier alpha value is -2.24. The van der Waals surface area contributed by atoms with Crippen LogP contribution in [0.15, 0.2) is 18.3 Å². The third-order valence-electron chi connectivity index (χ3n) is 2.49. The van der Waals surface area contributed by atoms with Crippen LogP contribution in [0.1, 0.15) is 21.6 Å². The van der Waals surface area contributed by atoms with Gasteiger partial charge in [0.2, 0.25) is 5.95 Å². The van der Waals surface area contributed by atoms with Crippen LogP contribution in [0.4, 0.5) is 10.2 Å². The number of aromatic nitrogens is 3. The Bertz CT molecular complexity index is 564. The van der Waals surface area contributed by atoms with Gasteiger partial charge in [-0.3, -0.25) is 9.89 Å². The Labute approximate surface area is 97.1 Å². The Morgan fingerprint density at radius 3 is 2.82 bits per heavy atom. The fraction of sp³-hybridized carbons (Fsp3) is 0.182. The SMILES string of the molecule is Cc1[nH]nc(NC(=O)c2cccnc2F)c1C. The summed E-state index contributed by atoms with van der Waals surface area (Å²) < 4.78 is 13.2. The van der Waals surface area contributed by atoms with E-state index in [9.17, 15) is 9.18 Å². The Balaban J connectivity index is 2.23. The molecule has 0 bridgehead atoms. The lowest BCUT2D eigenvalue weighted by molar-refractivity contribution is 0.102. The van der Waals surface area contributed by atoms with E-state index in [1.54, 1.807) is 0 Å². The summed E-state index contributed by atoms with van der Waals surface area (Å²) >= 11 is 0. The smallest absolute Gasteiger partial charge is 0.261 e. The van der Waals surface area contributed by atoms with E-state index in [0.29, 0.717) is 5.82 Å². The van der Waals surface area contributed by atoms with E-state index in [1.807, 2.05) is 13.8 Å². The molecule has 6 heteroatoms. The van der Waals surface area contributed by atoms with Crippen LogP contribution in [-0.2, 0) is 0 Å². The average Bonchev–Trinajstić information content (AvgIpc) is 2.61. The van der Waals surface area contributed by atoms with E-state index in [-0.39, 0.29) is 5.56 Å². The summed E-state index contributed by atoms with van der Waals surface area (Å²) in [6.07, 6.45) is 1.29. The highest BCUT2D eigenvalue weighted by Gasteiger charge is 2.15. The standard InChI is InChI=1S/C11H11FN4O/c1-6-7(2)15-16-10(6)14-11(17)8-4-3-5-13-9(8)12/h3-5H,1-2H3,(H2,14,15,16,17). The number of amides is 1. The molecule has 0 radical (unpaired) electrons. The minimum atomic E-state index is -0.796. The largest absolute Gasteiger partial charge is 0.305 e. The number of pyridine rings is 1. The molecule has 2 aromatic rings. The minimum absolute atomic E-state index is 0.104. The monoisotopic (exact) mass is 234 g/mol. The van der Waals surface area contributed by atoms with Gasteiger partial charge < -0.3 is 5.32 Å². The van der Waals surface area contributed by atoms with E-state index in [4.69, 9.17) is 0 Å². The van der Waals surface area contributed by atoms with Crippen molar-refractivity contribution < 1.29 is 9.18 Å². The van der Waals surface area contributed by atoms with E-state index >= 15 is 0 Å². The molecule has 2 N–H and O–H groups in total. The van der Waals surface area contributed by atoms with Crippen LogP contribution in [0.2, 0.25) is 0 Å². The number of nitrogens with one attached hydrogen (secondary N) is 2. The third kappa shape index (κ3) is 2.15. The van der Waals surface area contributed by atoms with E-state index in [0.717, 1.165) is 11.3 Å². The third-order valence-corrected chi connectivity index (χ3v) is 2.49. The molecule has 88 valence electrons. The van der Waals surface area contributed by atoms with Crippen LogP contribution in [-0.4, -0.2) is 21.1 Å². The molecule has 0 saturated heterocycles. The van der Waals surface area contributed by atoms with Crippen molar-refractivity contribution in [2.75, 3.05) is 5.32 Å². The predicted octanol–water partition coefficient (Wildman–Crippen LogP) is 1.81. The molecule has 0 fully saturated rings. The second-order valence-electron chi connectivity index (χ2n) is 3.62. The maximum atomic E-state index is 13.2. The summed E-state index contributed by atoms with van der Waals surface area (Å²) in [5.74, 6) is -0.962. The molecule has 0 aliphatic heterocycles. The van der Waals surface area contributed by atoms with Gasteiger partial charge in [0, 0.05) is 17.5 Å². The molecule has 0 unspecified atom stereocenters. The molecule has 2 heterocycles. The van der Waals surface area contributed by atoms with Crippen LogP contribution in [0.3, 0.4) is 0 Å². The zero-order valence-corrected chi connectivity index (χ0v) is 9.41. The maximum Gasteiger partial charge on any atom is 0.261 e. The maximum absolute atomic E-state index is 13.2. The van der Waals surface area contributed by atoms with Crippen LogP contribution >= 0.6 is 0 Å². The Morgan fingerprint density at radius 2 is 2.24 bits per heavy atom. The fourth-order valence-electron chi connectivity index (χ4n) is 1.34. The number of carbonyl (C=O) groups excluding carboxylic acids is 1. The normalized spacial score (nSPS) is 10.3. The first kappa shape index (κ1) is 11.3. The molecule has 0 atom stereocenters. The zero-order valence-electron chi connectivity index (χ0n) is 9.41. The van der Waals surface area contributed by atoms with Crippen molar-refractivity contribution >= 4 is 11.7 Å². The number of H-pyrrole nitrogens is 1. The number of aryl methyl sites for hydroxylation is 1. The van der Waals surface area contributed by atoms with Crippen LogP contribution in [0.25, 0.3) is 0 Å². The molecule has 5 nitrogen and oxygen atoms in total. The van der Waals surface area contributed by atoms with Crippen LogP contribution < -0.4 is 5.32 Å². The first-order valence-electron chi connectivity index (χ1n) is 5.03. The van der Waals surface area contributed by atoms with Gasteiger partial charge in [-0.25, -0.2) is 4.98 Å². The van der Waals surface area contributed by atoms with Gasteiger partial charge in [0.1, 0.15) is 0 Å². The summed E-state index contributed by atoms with van der Waals surface area (Å²) in [7, 11) is 0. The molecular weight excluding hydrogens is 223 g/mol. The van der Waals surface area contributed by atoms with E-state index in [2.05, 4.69) is 20.5 Å². The van der Waals surface area contributed by atoms with Crippen molar-refractivity contribution in [3.8, 4) is 0 Å². The van der Waals surface area contributed by atoms with Crippen molar-refractivity contribution in [3.63, 3.8) is 0 Å². The zero-order chi connectivity index (χ0) is 12.4. The fourth-order valence-corrected chi connectivity index (χ4v) is 1.34. The molecule has 0 aliphatic rings. The van der Waals surface area contributed by atoms with Gasteiger partial charge in [-0.1, -0.05) is 0 Å². The summed E-state index contributed by atoms with van der Waals surface area (Å²) in [5, 5.41) is 9.17. The molecule has 2 rings (SSSR count). The molecule has 1 amide bonds.